The molecule has 0 amide bonds. The van der Waals surface area contributed by atoms with Crippen LogP contribution in [0.3, 0.4) is 0 Å². The molecule has 0 radical (unpaired) electrons. The number of aromatic nitrogens is 6. The summed E-state index contributed by atoms with van der Waals surface area (Å²) in [6.07, 6.45) is 3.89. The first kappa shape index (κ1) is 24.5. The van der Waals surface area contributed by atoms with Gasteiger partial charge in [0.05, 0.1) is 24.3 Å². The fourth-order valence-corrected chi connectivity index (χ4v) is 5.72. The Bertz CT molecular complexity index is 1270. The van der Waals surface area contributed by atoms with E-state index < -0.39 is 21.8 Å². The maximum Gasteiger partial charge on any atom is 0.419 e. The third-order valence-electron chi connectivity index (χ3n) is 5.62. The van der Waals surface area contributed by atoms with Gasteiger partial charge in [-0.3, -0.25) is 4.68 Å². The summed E-state index contributed by atoms with van der Waals surface area (Å²) < 4.78 is 70.7. The fraction of sp³-hybridized carbons (Fsp3) is 0.474. The van der Waals surface area contributed by atoms with E-state index in [0.29, 0.717) is 6.42 Å². The Hall–Kier alpha value is -2.65. The van der Waals surface area contributed by atoms with Gasteiger partial charge in [0, 0.05) is 50.4 Å². The number of hydrogen-bond donors (Lipinski definition) is 1. The van der Waals surface area contributed by atoms with Crippen LogP contribution in [0.15, 0.2) is 35.9 Å². The van der Waals surface area contributed by atoms with Crippen molar-refractivity contribution in [3.8, 4) is 11.3 Å². The van der Waals surface area contributed by atoms with Crippen molar-refractivity contribution >= 4 is 27.9 Å². The first-order chi connectivity index (χ1) is 16.0. The van der Waals surface area contributed by atoms with E-state index >= 15 is 0 Å². The van der Waals surface area contributed by atoms with E-state index in [1.807, 2.05) is 6.92 Å². The summed E-state index contributed by atoms with van der Waals surface area (Å²) in [5.74, 6) is -0.104. The highest BCUT2D eigenvalue weighted by Crippen LogP contribution is 2.36. The molecule has 2 atom stereocenters. The lowest BCUT2D eigenvalue weighted by Crippen LogP contribution is -2.47. The number of sulfonamides is 1. The summed E-state index contributed by atoms with van der Waals surface area (Å²) in [5.41, 5.74) is -0.998. The molecule has 15 heteroatoms. The number of anilines is 1. The summed E-state index contributed by atoms with van der Waals surface area (Å²) in [6, 6.07) is -0.223. The second-order valence-electron chi connectivity index (χ2n) is 8.00. The molecule has 1 aliphatic heterocycles. The number of rotatable bonds is 6. The summed E-state index contributed by atoms with van der Waals surface area (Å²) in [5, 5.41) is 11.0. The quantitative estimate of drug-likeness (QED) is 0.533. The van der Waals surface area contributed by atoms with Crippen molar-refractivity contribution in [2.24, 2.45) is 13.0 Å². The van der Waals surface area contributed by atoms with Crippen LogP contribution in [0, 0.1) is 5.92 Å². The Labute approximate surface area is 198 Å². The number of nitrogens with zero attached hydrogens (tertiary/aromatic N) is 7. The van der Waals surface area contributed by atoms with Crippen molar-refractivity contribution in [2.45, 2.75) is 30.5 Å². The summed E-state index contributed by atoms with van der Waals surface area (Å²) in [4.78, 5) is 8.14. The Kier molecular flexibility index (Phi) is 6.61. The molecule has 1 N–H and O–H groups in total. The zero-order chi connectivity index (χ0) is 24.7. The molecule has 3 aromatic heterocycles. The van der Waals surface area contributed by atoms with Gasteiger partial charge in [-0.15, -0.1) is 0 Å². The number of alkyl halides is 3. The molecule has 3 aromatic rings. The molecule has 0 bridgehead atoms. The minimum Gasteiger partial charge on any atom is -0.351 e. The number of hydrogen-bond acceptors (Lipinski definition) is 8. The van der Waals surface area contributed by atoms with Gasteiger partial charge in [0.2, 0.25) is 16.0 Å². The van der Waals surface area contributed by atoms with Crippen LogP contribution in [0.25, 0.3) is 11.3 Å². The minimum absolute atomic E-state index is 0.0428. The molecule has 1 fully saturated rings. The van der Waals surface area contributed by atoms with Gasteiger partial charge in [0.1, 0.15) is 10.5 Å². The molecular weight excluding hydrogens is 493 g/mol. The summed E-state index contributed by atoms with van der Waals surface area (Å²) in [6.45, 7) is 2.35. The van der Waals surface area contributed by atoms with Crippen LogP contribution in [0.2, 0.25) is 0 Å². The maximum atomic E-state index is 13.5. The van der Waals surface area contributed by atoms with Gasteiger partial charge in [-0.2, -0.15) is 27.7 Å². The topological polar surface area (TPSA) is 111 Å². The van der Waals surface area contributed by atoms with Crippen molar-refractivity contribution in [2.75, 3.05) is 24.7 Å². The highest BCUT2D eigenvalue weighted by molar-refractivity contribution is 7.97. The zero-order valence-corrected chi connectivity index (χ0v) is 20.2. The van der Waals surface area contributed by atoms with Crippen molar-refractivity contribution < 1.29 is 21.6 Å². The van der Waals surface area contributed by atoms with Crippen LogP contribution >= 0.6 is 11.9 Å². The van der Waals surface area contributed by atoms with Gasteiger partial charge in [0.15, 0.2) is 0 Å². The molecule has 0 saturated carbocycles. The molecule has 10 nitrogen and oxygen atoms in total. The fourth-order valence-electron chi connectivity index (χ4n) is 3.80. The van der Waals surface area contributed by atoms with E-state index in [1.54, 1.807) is 13.3 Å². The summed E-state index contributed by atoms with van der Waals surface area (Å²) in [7, 11) is -2.10. The van der Waals surface area contributed by atoms with Gasteiger partial charge in [-0.25, -0.2) is 22.5 Å². The molecule has 4 heterocycles. The maximum absolute atomic E-state index is 13.5. The molecule has 0 aliphatic carbocycles. The van der Waals surface area contributed by atoms with Crippen molar-refractivity contribution in [1.82, 2.24) is 33.2 Å². The zero-order valence-electron chi connectivity index (χ0n) is 18.6. The van der Waals surface area contributed by atoms with Gasteiger partial charge in [0.25, 0.3) is 0 Å². The van der Waals surface area contributed by atoms with E-state index in [0.717, 1.165) is 6.20 Å². The Morgan fingerprint density at radius 1 is 1.18 bits per heavy atom. The second kappa shape index (κ2) is 9.19. The Morgan fingerprint density at radius 2 is 1.94 bits per heavy atom. The van der Waals surface area contributed by atoms with Crippen LogP contribution in [0.1, 0.15) is 18.9 Å². The number of aryl methyl sites for hydroxylation is 1. The molecule has 4 rings (SSSR count). The van der Waals surface area contributed by atoms with Crippen molar-refractivity contribution in [1.29, 1.82) is 0 Å². The van der Waals surface area contributed by atoms with Crippen LogP contribution in [-0.4, -0.2) is 67.0 Å². The first-order valence-electron chi connectivity index (χ1n) is 10.3. The van der Waals surface area contributed by atoms with E-state index in [1.165, 1.54) is 49.8 Å². The third kappa shape index (κ3) is 4.90. The van der Waals surface area contributed by atoms with E-state index in [9.17, 15) is 21.6 Å². The number of piperidine rings is 1. The highest BCUT2D eigenvalue weighted by Gasteiger charge is 2.37. The standard InChI is InChI=1S/C19H23F3N8O2S2/c1-12-9-29(34(31,32)14-7-25-30(11-14)33-3)5-4-16(12)26-18-23-8-15(19(20,21)22)17(27-18)13-6-24-28(2)10-13/h6-8,10-12,16H,4-5,9H2,1-3H3,(H,23,26,27)/t12-,16+/m1/s1. The van der Waals surface area contributed by atoms with Crippen LogP contribution < -0.4 is 5.32 Å². The van der Waals surface area contributed by atoms with Crippen molar-refractivity contribution in [3.63, 3.8) is 0 Å². The molecular formula is C19H23F3N8O2S2. The molecule has 34 heavy (non-hydrogen) atoms. The highest BCUT2D eigenvalue weighted by atomic mass is 32.2. The number of halogens is 3. The summed E-state index contributed by atoms with van der Waals surface area (Å²) >= 11 is 1.28. The van der Waals surface area contributed by atoms with E-state index in [2.05, 4.69) is 25.5 Å². The predicted octanol–water partition coefficient (Wildman–Crippen LogP) is 2.73. The smallest absolute Gasteiger partial charge is 0.351 e. The molecule has 1 saturated heterocycles. The van der Waals surface area contributed by atoms with Crippen LogP contribution in [0.5, 0.6) is 0 Å². The van der Waals surface area contributed by atoms with Gasteiger partial charge < -0.3 is 5.32 Å². The molecule has 0 unspecified atom stereocenters. The van der Waals surface area contributed by atoms with E-state index in [-0.39, 0.29) is 47.2 Å². The normalized spacial score (nSPS) is 19.9. The largest absolute Gasteiger partial charge is 0.419 e. The number of nitrogens with one attached hydrogen (secondary N) is 1. The average molecular weight is 517 g/mol. The van der Waals surface area contributed by atoms with Gasteiger partial charge >= 0.3 is 6.18 Å². The minimum atomic E-state index is -4.62. The average Bonchev–Trinajstić information content (AvgIpc) is 3.43. The van der Waals surface area contributed by atoms with Crippen molar-refractivity contribution in [3.05, 3.63) is 36.5 Å². The lowest BCUT2D eigenvalue weighted by molar-refractivity contribution is -0.137. The molecule has 1 aliphatic rings. The monoisotopic (exact) mass is 516 g/mol. The molecule has 184 valence electrons. The van der Waals surface area contributed by atoms with E-state index in [4.69, 9.17) is 0 Å². The van der Waals surface area contributed by atoms with Crippen LogP contribution in [-0.2, 0) is 23.2 Å². The predicted molar refractivity (Wildman–Crippen MR) is 120 cm³/mol. The first-order valence-corrected chi connectivity index (χ1v) is 12.9. The SMILES string of the molecule is CSn1cc(S(=O)(=O)N2CC[C@H](Nc3ncc(C(F)(F)F)c(-c4cnn(C)c4)n3)[C@H](C)C2)cn1. The van der Waals surface area contributed by atoms with Gasteiger partial charge in [-0.1, -0.05) is 6.92 Å². The van der Waals surface area contributed by atoms with Gasteiger partial charge in [-0.05, 0) is 24.3 Å². The second-order valence-corrected chi connectivity index (χ2v) is 10.7. The van der Waals surface area contributed by atoms with Crippen LogP contribution in [0.4, 0.5) is 19.1 Å². The lowest BCUT2D eigenvalue weighted by atomic mass is 9.95. The Balaban J connectivity index is 1.52. The third-order valence-corrected chi connectivity index (χ3v) is 8.01. The Morgan fingerprint density at radius 3 is 2.53 bits per heavy atom. The molecule has 0 spiro atoms. The molecule has 0 aromatic carbocycles. The lowest BCUT2D eigenvalue weighted by Gasteiger charge is -2.36.